The summed E-state index contributed by atoms with van der Waals surface area (Å²) < 4.78 is 0. The smallest absolute Gasteiger partial charge is 0.0991 e. The first-order valence-electron chi connectivity index (χ1n) is 7.42. The predicted molar refractivity (Wildman–Crippen MR) is 76.4 cm³/mol. The Balaban J connectivity index is 1.56. The summed E-state index contributed by atoms with van der Waals surface area (Å²) in [6, 6.07) is 10.2. The van der Waals surface area contributed by atoms with Crippen molar-refractivity contribution >= 4 is 0 Å². The number of fused-ring (bicyclic) bond motifs is 2. The Morgan fingerprint density at radius 3 is 2.89 bits per heavy atom. The number of hydrogen-bond donors (Lipinski definition) is 0. The Morgan fingerprint density at radius 1 is 1.32 bits per heavy atom. The van der Waals surface area contributed by atoms with Gasteiger partial charge in [0.05, 0.1) is 11.6 Å². The number of benzene rings is 1. The quantitative estimate of drug-likeness (QED) is 0.823. The Bertz CT molecular complexity index is 488. The molecule has 0 spiro atoms. The van der Waals surface area contributed by atoms with Gasteiger partial charge in [0.1, 0.15) is 0 Å². The second-order valence-corrected chi connectivity index (χ2v) is 6.44. The minimum atomic E-state index is 0.769. The van der Waals surface area contributed by atoms with Gasteiger partial charge in [-0.25, -0.2) is 0 Å². The molecule has 2 aliphatic rings. The molecule has 0 radical (unpaired) electrons. The number of nitriles is 1. The molecule has 0 aromatic heterocycles. The molecule has 19 heavy (non-hydrogen) atoms. The summed E-state index contributed by atoms with van der Waals surface area (Å²) in [5.74, 6) is 2.95. The SMILES string of the molecule is CN(Cc1cccc(C#N)c1)CC1CC2CCC1C2. The maximum Gasteiger partial charge on any atom is 0.0991 e. The topological polar surface area (TPSA) is 27.0 Å². The minimum Gasteiger partial charge on any atom is -0.302 e. The second kappa shape index (κ2) is 5.35. The maximum atomic E-state index is 8.93. The predicted octanol–water partition coefficient (Wildman–Crippen LogP) is 3.43. The van der Waals surface area contributed by atoms with Crippen molar-refractivity contribution in [3.8, 4) is 6.07 Å². The Morgan fingerprint density at radius 2 is 2.21 bits per heavy atom. The Kier molecular flexibility index (Phi) is 3.57. The highest BCUT2D eigenvalue weighted by molar-refractivity contribution is 5.32. The van der Waals surface area contributed by atoms with Crippen molar-refractivity contribution in [1.82, 2.24) is 4.90 Å². The maximum absolute atomic E-state index is 8.93. The van der Waals surface area contributed by atoms with Crippen molar-refractivity contribution in [2.45, 2.75) is 32.2 Å². The van der Waals surface area contributed by atoms with E-state index in [4.69, 9.17) is 5.26 Å². The van der Waals surface area contributed by atoms with Crippen molar-refractivity contribution < 1.29 is 0 Å². The molecule has 2 bridgehead atoms. The van der Waals surface area contributed by atoms with Crippen LogP contribution in [0.25, 0.3) is 0 Å². The van der Waals surface area contributed by atoms with Crippen LogP contribution in [-0.4, -0.2) is 18.5 Å². The van der Waals surface area contributed by atoms with Crippen LogP contribution in [0.4, 0.5) is 0 Å². The van der Waals surface area contributed by atoms with E-state index in [2.05, 4.69) is 24.1 Å². The first kappa shape index (κ1) is 12.7. The van der Waals surface area contributed by atoms with Crippen LogP contribution in [0.2, 0.25) is 0 Å². The molecule has 100 valence electrons. The molecule has 2 aliphatic carbocycles. The van der Waals surface area contributed by atoms with Crippen LogP contribution in [0, 0.1) is 29.1 Å². The molecule has 0 aliphatic heterocycles. The van der Waals surface area contributed by atoms with Gasteiger partial charge >= 0.3 is 0 Å². The van der Waals surface area contributed by atoms with E-state index in [1.807, 2.05) is 18.2 Å². The highest BCUT2D eigenvalue weighted by Crippen LogP contribution is 2.48. The van der Waals surface area contributed by atoms with Gasteiger partial charge in [-0.05, 0) is 61.8 Å². The fourth-order valence-electron chi connectivity index (χ4n) is 4.12. The molecule has 0 saturated heterocycles. The van der Waals surface area contributed by atoms with Gasteiger partial charge in [0, 0.05) is 13.1 Å². The van der Waals surface area contributed by atoms with Crippen molar-refractivity contribution in [2.75, 3.05) is 13.6 Å². The third-order valence-corrected chi connectivity index (χ3v) is 4.94. The highest BCUT2D eigenvalue weighted by Gasteiger charge is 2.39. The van der Waals surface area contributed by atoms with E-state index in [1.165, 1.54) is 37.8 Å². The van der Waals surface area contributed by atoms with Gasteiger partial charge < -0.3 is 4.90 Å². The van der Waals surface area contributed by atoms with Crippen LogP contribution >= 0.6 is 0 Å². The molecule has 3 unspecified atom stereocenters. The fourth-order valence-corrected chi connectivity index (χ4v) is 4.12. The zero-order chi connectivity index (χ0) is 13.2. The van der Waals surface area contributed by atoms with Gasteiger partial charge in [-0.2, -0.15) is 5.26 Å². The minimum absolute atomic E-state index is 0.769. The van der Waals surface area contributed by atoms with Crippen LogP contribution in [0.3, 0.4) is 0 Å². The molecule has 0 heterocycles. The van der Waals surface area contributed by atoms with Crippen molar-refractivity contribution in [1.29, 1.82) is 5.26 Å². The molecule has 0 amide bonds. The number of nitrogens with zero attached hydrogens (tertiary/aromatic N) is 2. The molecule has 0 N–H and O–H groups in total. The van der Waals surface area contributed by atoms with Gasteiger partial charge in [0.2, 0.25) is 0 Å². The lowest BCUT2D eigenvalue weighted by molar-refractivity contribution is 0.214. The Hall–Kier alpha value is -1.33. The third-order valence-electron chi connectivity index (χ3n) is 4.94. The van der Waals surface area contributed by atoms with Gasteiger partial charge in [0.15, 0.2) is 0 Å². The van der Waals surface area contributed by atoms with Crippen molar-refractivity contribution in [2.24, 2.45) is 17.8 Å². The first-order valence-corrected chi connectivity index (χ1v) is 7.42. The Labute approximate surface area is 116 Å². The van der Waals surface area contributed by atoms with Crippen LogP contribution in [0.1, 0.15) is 36.8 Å². The molecule has 2 nitrogen and oxygen atoms in total. The van der Waals surface area contributed by atoms with E-state index < -0.39 is 0 Å². The van der Waals surface area contributed by atoms with Gasteiger partial charge in [-0.3, -0.25) is 0 Å². The normalized spacial score (nSPS) is 28.8. The largest absolute Gasteiger partial charge is 0.302 e. The summed E-state index contributed by atoms with van der Waals surface area (Å²) in [7, 11) is 2.21. The molecule has 1 aromatic rings. The van der Waals surface area contributed by atoms with Crippen LogP contribution in [0.5, 0.6) is 0 Å². The van der Waals surface area contributed by atoms with Crippen LogP contribution < -0.4 is 0 Å². The molecular weight excluding hydrogens is 232 g/mol. The van der Waals surface area contributed by atoms with E-state index in [9.17, 15) is 0 Å². The van der Waals surface area contributed by atoms with E-state index in [1.54, 1.807) is 0 Å². The molecular formula is C17H22N2. The van der Waals surface area contributed by atoms with Gasteiger partial charge in [0.25, 0.3) is 0 Å². The summed E-state index contributed by atoms with van der Waals surface area (Å²) in [5.41, 5.74) is 2.02. The van der Waals surface area contributed by atoms with E-state index in [0.29, 0.717) is 0 Å². The molecule has 1 aromatic carbocycles. The standard InChI is InChI=1S/C17H22N2/c1-19(11-15-4-2-3-14(7-15)10-18)12-17-9-13-5-6-16(17)8-13/h2-4,7,13,16-17H,5-6,8-9,11-12H2,1H3. The van der Waals surface area contributed by atoms with Crippen LogP contribution in [0.15, 0.2) is 24.3 Å². The van der Waals surface area contributed by atoms with Gasteiger partial charge in [-0.15, -0.1) is 0 Å². The molecule has 2 heteroatoms. The fraction of sp³-hybridized carbons (Fsp3) is 0.588. The second-order valence-electron chi connectivity index (χ2n) is 6.44. The zero-order valence-corrected chi connectivity index (χ0v) is 11.7. The summed E-state index contributed by atoms with van der Waals surface area (Å²) >= 11 is 0. The first-order chi connectivity index (χ1) is 9.24. The monoisotopic (exact) mass is 254 g/mol. The lowest BCUT2D eigenvalue weighted by Gasteiger charge is -2.27. The highest BCUT2D eigenvalue weighted by atomic mass is 15.1. The van der Waals surface area contributed by atoms with E-state index in [-0.39, 0.29) is 0 Å². The molecule has 3 rings (SSSR count). The lowest BCUT2D eigenvalue weighted by atomic mass is 9.88. The average Bonchev–Trinajstić information content (AvgIpc) is 3.01. The van der Waals surface area contributed by atoms with E-state index in [0.717, 1.165) is 29.9 Å². The average molecular weight is 254 g/mol. The zero-order valence-electron chi connectivity index (χ0n) is 11.7. The van der Waals surface area contributed by atoms with Crippen LogP contribution in [-0.2, 0) is 6.54 Å². The molecule has 2 fully saturated rings. The van der Waals surface area contributed by atoms with Crippen molar-refractivity contribution in [3.05, 3.63) is 35.4 Å². The summed E-state index contributed by atoms with van der Waals surface area (Å²) in [6.07, 6.45) is 5.89. The third kappa shape index (κ3) is 2.82. The number of rotatable bonds is 4. The van der Waals surface area contributed by atoms with Crippen molar-refractivity contribution in [3.63, 3.8) is 0 Å². The lowest BCUT2D eigenvalue weighted by Crippen LogP contribution is -2.28. The number of hydrogen-bond acceptors (Lipinski definition) is 2. The molecule has 3 atom stereocenters. The summed E-state index contributed by atoms with van der Waals surface area (Å²) in [6.45, 7) is 2.18. The molecule has 2 saturated carbocycles. The summed E-state index contributed by atoms with van der Waals surface area (Å²) in [4.78, 5) is 2.43. The van der Waals surface area contributed by atoms with E-state index >= 15 is 0 Å². The van der Waals surface area contributed by atoms with Gasteiger partial charge in [-0.1, -0.05) is 18.6 Å². The summed E-state index contributed by atoms with van der Waals surface area (Å²) in [5, 5.41) is 8.93.